The quantitative estimate of drug-likeness (QED) is 0.368. The second kappa shape index (κ2) is 9.91. The van der Waals surface area contributed by atoms with Crippen LogP contribution in [0.5, 0.6) is 0 Å². The maximum Gasteiger partial charge on any atom is 0.0760 e. The van der Waals surface area contributed by atoms with Gasteiger partial charge in [-0.1, -0.05) is 104 Å². The Labute approximate surface area is 181 Å². The summed E-state index contributed by atoms with van der Waals surface area (Å²) in [6.45, 7) is 5.06. The largest absolute Gasteiger partial charge is 0.369 e. The first-order chi connectivity index (χ1) is 14.7. The zero-order chi connectivity index (χ0) is 20.8. The predicted octanol–water partition coefficient (Wildman–Crippen LogP) is 7.98. The predicted molar refractivity (Wildman–Crippen MR) is 127 cm³/mol. The van der Waals surface area contributed by atoms with Crippen molar-refractivity contribution in [2.24, 2.45) is 5.92 Å². The van der Waals surface area contributed by atoms with E-state index in [4.69, 9.17) is 4.74 Å². The van der Waals surface area contributed by atoms with Crippen LogP contribution in [0.2, 0.25) is 0 Å². The van der Waals surface area contributed by atoms with Gasteiger partial charge in [0.25, 0.3) is 0 Å². The van der Waals surface area contributed by atoms with Crippen molar-refractivity contribution in [1.29, 1.82) is 0 Å². The minimum absolute atomic E-state index is 0.270. The molecule has 0 amide bonds. The molecule has 30 heavy (non-hydrogen) atoms. The summed E-state index contributed by atoms with van der Waals surface area (Å²) < 4.78 is 6.13. The van der Waals surface area contributed by atoms with Crippen molar-refractivity contribution in [3.63, 3.8) is 0 Å². The monoisotopic (exact) mass is 396 g/mol. The van der Waals surface area contributed by atoms with Crippen molar-refractivity contribution < 1.29 is 4.74 Å². The van der Waals surface area contributed by atoms with Crippen LogP contribution in [0.4, 0.5) is 0 Å². The van der Waals surface area contributed by atoms with Crippen LogP contribution < -0.4 is 0 Å². The van der Waals surface area contributed by atoms with Gasteiger partial charge in [0.1, 0.15) is 0 Å². The smallest absolute Gasteiger partial charge is 0.0760 e. The van der Waals surface area contributed by atoms with Gasteiger partial charge >= 0.3 is 0 Å². The van der Waals surface area contributed by atoms with E-state index in [1.165, 1.54) is 52.6 Å². The lowest BCUT2D eigenvalue weighted by molar-refractivity contribution is 0.0585. The summed E-state index contributed by atoms with van der Waals surface area (Å²) in [5, 5.41) is 0. The Kier molecular flexibility index (Phi) is 6.81. The van der Waals surface area contributed by atoms with E-state index >= 15 is 0 Å². The van der Waals surface area contributed by atoms with Crippen LogP contribution in [-0.4, -0.2) is 6.10 Å². The van der Waals surface area contributed by atoms with Crippen LogP contribution in [0.15, 0.2) is 84.9 Å². The zero-order valence-electron chi connectivity index (χ0n) is 18.2. The van der Waals surface area contributed by atoms with Crippen molar-refractivity contribution in [3.8, 4) is 22.3 Å². The lowest BCUT2D eigenvalue weighted by Crippen LogP contribution is -2.16. The van der Waals surface area contributed by atoms with Crippen LogP contribution >= 0.6 is 0 Å². The van der Waals surface area contributed by atoms with Crippen LogP contribution in [0.1, 0.15) is 43.7 Å². The molecule has 0 heterocycles. The molecule has 0 spiro atoms. The second-order valence-electron chi connectivity index (χ2n) is 8.50. The number of allylic oxidation sites excluding steroid dienone is 1. The molecular weight excluding hydrogens is 364 g/mol. The molecule has 0 N–H and O–H groups in total. The van der Waals surface area contributed by atoms with E-state index in [1.807, 2.05) is 0 Å². The summed E-state index contributed by atoms with van der Waals surface area (Å²) in [4.78, 5) is 0. The molecule has 2 unspecified atom stereocenters. The standard InChI is InChI=1S/C29H32O/c1-3-4-23-9-19-29(20-10-23)30-21-24-7-13-26(14-8-24)28-17-15-27(16-18-28)25-11-5-22(2)6-12-25/h5-9,11-19,23,29H,3-4,10,20-21H2,1-2H3. The lowest BCUT2D eigenvalue weighted by atomic mass is 9.91. The number of ether oxygens (including phenoxy) is 1. The Morgan fingerprint density at radius 3 is 1.73 bits per heavy atom. The van der Waals surface area contributed by atoms with Gasteiger partial charge in [-0.25, -0.2) is 0 Å². The van der Waals surface area contributed by atoms with Crippen molar-refractivity contribution in [1.82, 2.24) is 0 Å². The van der Waals surface area contributed by atoms with Gasteiger partial charge in [-0.3, -0.25) is 0 Å². The highest BCUT2D eigenvalue weighted by Gasteiger charge is 2.15. The van der Waals surface area contributed by atoms with E-state index in [-0.39, 0.29) is 6.10 Å². The number of rotatable bonds is 7. The van der Waals surface area contributed by atoms with Crippen LogP contribution in [0.25, 0.3) is 22.3 Å². The Hall–Kier alpha value is -2.64. The molecule has 0 aliphatic heterocycles. The number of hydrogen-bond acceptors (Lipinski definition) is 1. The Bertz CT molecular complexity index is 949. The molecule has 0 bridgehead atoms. The summed E-state index contributed by atoms with van der Waals surface area (Å²) in [5.41, 5.74) is 7.53. The van der Waals surface area contributed by atoms with Gasteiger partial charge in [-0.2, -0.15) is 0 Å². The first-order valence-corrected chi connectivity index (χ1v) is 11.3. The Balaban J connectivity index is 1.34. The molecular formula is C29H32O. The second-order valence-corrected chi connectivity index (χ2v) is 8.50. The highest BCUT2D eigenvalue weighted by Crippen LogP contribution is 2.27. The van der Waals surface area contributed by atoms with Gasteiger partial charge in [-0.05, 0) is 59.9 Å². The Morgan fingerprint density at radius 2 is 1.23 bits per heavy atom. The van der Waals surface area contributed by atoms with E-state index in [1.54, 1.807) is 0 Å². The number of hydrogen-bond donors (Lipinski definition) is 0. The first-order valence-electron chi connectivity index (χ1n) is 11.3. The molecule has 4 rings (SSSR count). The van der Waals surface area contributed by atoms with Crippen molar-refractivity contribution in [2.75, 3.05) is 0 Å². The third-order valence-corrected chi connectivity index (χ3v) is 6.10. The van der Waals surface area contributed by atoms with E-state index in [0.717, 1.165) is 12.3 Å². The molecule has 1 nitrogen and oxygen atoms in total. The van der Waals surface area contributed by atoms with Gasteiger partial charge in [0, 0.05) is 0 Å². The molecule has 0 radical (unpaired) electrons. The average Bonchev–Trinajstić information content (AvgIpc) is 2.80. The molecule has 2 atom stereocenters. The van der Waals surface area contributed by atoms with E-state index in [9.17, 15) is 0 Å². The highest BCUT2D eigenvalue weighted by molar-refractivity contribution is 5.70. The molecule has 154 valence electrons. The normalized spacial score (nSPS) is 18.5. The van der Waals surface area contributed by atoms with Crippen molar-refractivity contribution >= 4 is 0 Å². The van der Waals surface area contributed by atoms with Crippen LogP contribution in [0.3, 0.4) is 0 Å². The first kappa shape index (κ1) is 20.6. The summed E-state index contributed by atoms with van der Waals surface area (Å²) in [7, 11) is 0. The fourth-order valence-corrected chi connectivity index (χ4v) is 4.20. The topological polar surface area (TPSA) is 9.23 Å². The molecule has 1 aliphatic carbocycles. The van der Waals surface area contributed by atoms with Crippen molar-refractivity contribution in [2.45, 2.75) is 52.2 Å². The molecule has 0 saturated carbocycles. The summed E-state index contributed by atoms with van der Waals surface area (Å²) >= 11 is 0. The van der Waals surface area contributed by atoms with E-state index in [0.29, 0.717) is 6.61 Å². The minimum Gasteiger partial charge on any atom is -0.369 e. The van der Waals surface area contributed by atoms with Gasteiger partial charge in [0.05, 0.1) is 12.7 Å². The number of aryl methyl sites for hydroxylation is 1. The lowest BCUT2D eigenvalue weighted by Gasteiger charge is -2.23. The third kappa shape index (κ3) is 5.29. The summed E-state index contributed by atoms with van der Waals surface area (Å²) in [6.07, 6.45) is 9.87. The van der Waals surface area contributed by atoms with Crippen LogP contribution in [0, 0.1) is 12.8 Å². The fraction of sp³-hybridized carbons (Fsp3) is 0.310. The molecule has 0 fully saturated rings. The zero-order valence-corrected chi connectivity index (χ0v) is 18.2. The van der Waals surface area contributed by atoms with Crippen LogP contribution in [-0.2, 0) is 11.3 Å². The molecule has 1 aliphatic rings. The SMILES string of the molecule is CCCC1C=CC(OCc2ccc(-c3ccc(-c4ccc(C)cc4)cc3)cc2)CC1. The Morgan fingerprint density at radius 1 is 0.700 bits per heavy atom. The van der Waals surface area contributed by atoms with Crippen molar-refractivity contribution in [3.05, 3.63) is 96.1 Å². The average molecular weight is 397 g/mol. The summed E-state index contributed by atoms with van der Waals surface area (Å²) in [5.74, 6) is 0.756. The molecule has 0 saturated heterocycles. The van der Waals surface area contributed by atoms with Gasteiger partial charge < -0.3 is 4.74 Å². The molecule has 3 aromatic rings. The maximum atomic E-state index is 6.13. The van der Waals surface area contributed by atoms with Gasteiger partial charge in [0.2, 0.25) is 0 Å². The highest BCUT2D eigenvalue weighted by atomic mass is 16.5. The minimum atomic E-state index is 0.270. The van der Waals surface area contributed by atoms with Gasteiger partial charge in [-0.15, -0.1) is 0 Å². The third-order valence-electron chi connectivity index (χ3n) is 6.10. The molecule has 0 aromatic heterocycles. The fourth-order valence-electron chi connectivity index (χ4n) is 4.20. The number of benzene rings is 3. The van der Waals surface area contributed by atoms with E-state index < -0.39 is 0 Å². The molecule has 3 aromatic carbocycles. The van der Waals surface area contributed by atoms with Gasteiger partial charge in [0.15, 0.2) is 0 Å². The maximum absolute atomic E-state index is 6.13. The van der Waals surface area contributed by atoms with E-state index in [2.05, 4.69) is 98.8 Å². The molecule has 1 heteroatoms. The summed E-state index contributed by atoms with van der Waals surface area (Å²) in [6, 6.07) is 26.3.